The summed E-state index contributed by atoms with van der Waals surface area (Å²) in [5, 5.41) is 0. The van der Waals surface area contributed by atoms with Crippen molar-refractivity contribution >= 4 is 45.2 Å². The van der Waals surface area contributed by atoms with Crippen molar-refractivity contribution in [3.8, 4) is 0 Å². The number of aryl methyl sites for hydroxylation is 2. The van der Waals surface area contributed by atoms with E-state index in [4.69, 9.17) is 4.74 Å². The van der Waals surface area contributed by atoms with Crippen LogP contribution >= 0.6 is 45.2 Å². The zero-order valence-electron chi connectivity index (χ0n) is 33.2. The Kier molecular flexibility index (Phi) is 33.9. The van der Waals surface area contributed by atoms with E-state index in [0.29, 0.717) is 0 Å². The molecule has 0 radical (unpaired) electrons. The van der Waals surface area contributed by atoms with Crippen LogP contribution in [0, 0.1) is 7.14 Å². The molecular weight excluding hydrogens is 846 g/mol. The quantitative estimate of drug-likeness (QED) is 0.0482. The normalized spacial score (nSPS) is 11.5. The number of halogens is 2. The average Bonchev–Trinajstić information content (AvgIpc) is 3.14. The molecule has 0 aliphatic rings. The van der Waals surface area contributed by atoms with E-state index in [1.165, 1.54) is 237 Å². The van der Waals surface area contributed by atoms with Crippen molar-refractivity contribution in [2.45, 2.75) is 218 Å². The Balaban J connectivity index is 1.13. The maximum atomic E-state index is 5.92. The van der Waals surface area contributed by atoms with Crippen molar-refractivity contribution in [3.63, 3.8) is 0 Å². The van der Waals surface area contributed by atoms with Crippen LogP contribution < -0.4 is 0 Å². The second-order valence-electron chi connectivity index (χ2n) is 15.7. The fraction of sp³-hybridized carbons (Fsp3) is 0.750. The van der Waals surface area contributed by atoms with Crippen LogP contribution in [0.1, 0.15) is 217 Å². The lowest BCUT2D eigenvalue weighted by molar-refractivity contribution is 0.125. The third kappa shape index (κ3) is 31.9. The molecular formula is C48H80I2O. The summed E-state index contributed by atoms with van der Waals surface area (Å²) >= 11 is 4.78. The molecule has 0 saturated heterocycles. The van der Waals surface area contributed by atoms with Gasteiger partial charge in [0.25, 0.3) is 0 Å². The van der Waals surface area contributed by atoms with E-state index >= 15 is 0 Å². The molecule has 0 amide bonds. The number of unbranched alkanes of at least 4 members (excludes halogenated alkanes) is 30. The van der Waals surface area contributed by atoms with Crippen LogP contribution in [0.2, 0.25) is 0 Å². The first-order chi connectivity index (χ1) is 25.2. The Morgan fingerprint density at radius 2 is 0.451 bits per heavy atom. The van der Waals surface area contributed by atoms with E-state index in [2.05, 4.69) is 93.7 Å². The Labute approximate surface area is 345 Å². The average molecular weight is 927 g/mol. The van der Waals surface area contributed by atoms with Crippen LogP contribution in [0.25, 0.3) is 0 Å². The van der Waals surface area contributed by atoms with Gasteiger partial charge in [-0.15, -0.1) is 0 Å². The molecule has 2 aromatic rings. The molecule has 2 aromatic carbocycles. The summed E-state index contributed by atoms with van der Waals surface area (Å²) in [5.74, 6) is 0. The van der Waals surface area contributed by atoms with Crippen molar-refractivity contribution in [3.05, 3.63) is 66.8 Å². The Morgan fingerprint density at radius 1 is 0.255 bits per heavy atom. The minimum Gasteiger partial charge on any atom is -0.381 e. The standard InChI is InChI=1S/C48H80I2O/c49-47-39-35-45(36-40-47)33-29-25-21-17-13-9-5-1-3-7-11-15-19-23-27-31-43-51-44-32-28-24-20-16-12-8-4-2-6-10-14-18-22-26-30-34-46-37-41-48(50)42-38-46/h35-42H,1-34,43-44H2. The molecule has 0 bridgehead atoms. The van der Waals surface area contributed by atoms with Gasteiger partial charge in [0, 0.05) is 20.4 Å². The Bertz CT molecular complexity index is 892. The number of hydrogen-bond acceptors (Lipinski definition) is 1. The molecule has 2 rings (SSSR count). The number of ether oxygens (including phenoxy) is 1. The summed E-state index contributed by atoms with van der Waals surface area (Å²) < 4.78 is 8.60. The summed E-state index contributed by atoms with van der Waals surface area (Å²) in [6, 6.07) is 18.1. The maximum absolute atomic E-state index is 5.92. The fourth-order valence-electron chi connectivity index (χ4n) is 7.42. The first-order valence-electron chi connectivity index (χ1n) is 22.3. The fourth-order valence-corrected chi connectivity index (χ4v) is 8.14. The third-order valence-electron chi connectivity index (χ3n) is 10.8. The molecule has 0 atom stereocenters. The van der Waals surface area contributed by atoms with Crippen molar-refractivity contribution in [1.29, 1.82) is 0 Å². The molecule has 3 heteroatoms. The first kappa shape index (κ1) is 47.0. The van der Waals surface area contributed by atoms with Crippen molar-refractivity contribution in [1.82, 2.24) is 0 Å². The van der Waals surface area contributed by atoms with Gasteiger partial charge in [-0.1, -0.05) is 204 Å². The lowest BCUT2D eigenvalue weighted by atomic mass is 10.0. The van der Waals surface area contributed by atoms with Gasteiger partial charge in [0.15, 0.2) is 0 Å². The van der Waals surface area contributed by atoms with Gasteiger partial charge in [-0.05, 0) is 119 Å². The van der Waals surface area contributed by atoms with Gasteiger partial charge in [0.1, 0.15) is 0 Å². The van der Waals surface area contributed by atoms with Crippen LogP contribution in [-0.2, 0) is 17.6 Å². The van der Waals surface area contributed by atoms with Gasteiger partial charge in [0.2, 0.25) is 0 Å². The van der Waals surface area contributed by atoms with Crippen molar-refractivity contribution in [2.75, 3.05) is 13.2 Å². The Hall–Kier alpha value is -0.140. The zero-order valence-corrected chi connectivity index (χ0v) is 37.6. The summed E-state index contributed by atoms with van der Waals surface area (Å²) in [6.45, 7) is 1.98. The molecule has 0 fully saturated rings. The molecule has 0 unspecified atom stereocenters. The smallest absolute Gasteiger partial charge is 0.0466 e. The highest BCUT2D eigenvalue weighted by Crippen LogP contribution is 2.17. The molecule has 0 saturated carbocycles. The van der Waals surface area contributed by atoms with Gasteiger partial charge in [-0.2, -0.15) is 0 Å². The molecule has 0 aliphatic carbocycles. The van der Waals surface area contributed by atoms with Crippen molar-refractivity contribution in [2.24, 2.45) is 0 Å². The topological polar surface area (TPSA) is 9.23 Å². The minimum atomic E-state index is 0.988. The lowest BCUT2D eigenvalue weighted by Gasteiger charge is -2.06. The van der Waals surface area contributed by atoms with E-state index in [0.717, 1.165) is 13.2 Å². The van der Waals surface area contributed by atoms with E-state index in [-0.39, 0.29) is 0 Å². The second-order valence-corrected chi connectivity index (χ2v) is 18.2. The first-order valence-corrected chi connectivity index (χ1v) is 24.5. The Morgan fingerprint density at radius 3 is 0.686 bits per heavy atom. The number of hydrogen-bond donors (Lipinski definition) is 0. The summed E-state index contributed by atoms with van der Waals surface area (Å²) in [6.07, 6.45) is 47.9. The largest absolute Gasteiger partial charge is 0.381 e. The summed E-state index contributed by atoms with van der Waals surface area (Å²) in [4.78, 5) is 0. The van der Waals surface area contributed by atoms with Crippen LogP contribution in [0.4, 0.5) is 0 Å². The van der Waals surface area contributed by atoms with Crippen LogP contribution in [-0.4, -0.2) is 13.2 Å². The lowest BCUT2D eigenvalue weighted by Crippen LogP contribution is -1.97. The number of benzene rings is 2. The van der Waals surface area contributed by atoms with Crippen LogP contribution in [0.3, 0.4) is 0 Å². The van der Waals surface area contributed by atoms with Crippen molar-refractivity contribution < 1.29 is 4.74 Å². The molecule has 0 spiro atoms. The van der Waals surface area contributed by atoms with Gasteiger partial charge >= 0.3 is 0 Å². The summed E-state index contributed by atoms with van der Waals surface area (Å²) in [5.41, 5.74) is 3.01. The van der Waals surface area contributed by atoms with Crippen LogP contribution in [0.15, 0.2) is 48.5 Å². The van der Waals surface area contributed by atoms with E-state index in [1.807, 2.05) is 0 Å². The summed E-state index contributed by atoms with van der Waals surface area (Å²) in [7, 11) is 0. The third-order valence-corrected chi connectivity index (χ3v) is 12.3. The van der Waals surface area contributed by atoms with Gasteiger partial charge in [0.05, 0.1) is 0 Å². The maximum Gasteiger partial charge on any atom is 0.0466 e. The highest BCUT2D eigenvalue weighted by atomic mass is 127. The zero-order chi connectivity index (χ0) is 36.1. The highest BCUT2D eigenvalue weighted by molar-refractivity contribution is 14.1. The molecule has 0 aliphatic heterocycles. The van der Waals surface area contributed by atoms with E-state index < -0.39 is 0 Å². The molecule has 0 heterocycles. The minimum absolute atomic E-state index is 0.988. The second kappa shape index (κ2) is 36.8. The van der Waals surface area contributed by atoms with E-state index in [9.17, 15) is 0 Å². The van der Waals surface area contributed by atoms with Gasteiger partial charge in [-0.25, -0.2) is 0 Å². The molecule has 0 N–H and O–H groups in total. The number of rotatable bonds is 38. The predicted molar refractivity (Wildman–Crippen MR) is 244 cm³/mol. The predicted octanol–water partition coefficient (Wildman–Crippen LogP) is 17.2. The molecule has 51 heavy (non-hydrogen) atoms. The van der Waals surface area contributed by atoms with Crippen LogP contribution in [0.5, 0.6) is 0 Å². The monoisotopic (exact) mass is 926 g/mol. The van der Waals surface area contributed by atoms with Gasteiger partial charge < -0.3 is 4.74 Å². The SMILES string of the molecule is Ic1ccc(CCCCCCCCCCCCCCCCCCOCCCCCCCCCCCCCCCCCCc2ccc(I)cc2)cc1. The van der Waals surface area contributed by atoms with Gasteiger partial charge in [-0.3, -0.25) is 0 Å². The molecule has 0 aromatic heterocycles. The molecule has 1 nitrogen and oxygen atoms in total. The highest BCUT2D eigenvalue weighted by Gasteiger charge is 1.99. The van der Waals surface area contributed by atoms with E-state index in [1.54, 1.807) is 0 Å². The molecule has 292 valence electrons.